The average Bonchev–Trinajstić information content (AvgIpc) is 2.78. The molecular formula is C16H18. The zero-order valence-electron chi connectivity index (χ0n) is 10.4. The van der Waals surface area contributed by atoms with Crippen molar-refractivity contribution in [1.82, 2.24) is 0 Å². The molecular weight excluding hydrogens is 192 g/mol. The Morgan fingerprint density at radius 3 is 2.19 bits per heavy atom. The Morgan fingerprint density at radius 2 is 1.50 bits per heavy atom. The Hall–Kier alpha value is -1.30. The van der Waals surface area contributed by atoms with Gasteiger partial charge in [-0.3, -0.25) is 0 Å². The molecule has 0 bridgehead atoms. The highest BCUT2D eigenvalue weighted by Crippen LogP contribution is 2.39. The van der Waals surface area contributed by atoms with Gasteiger partial charge in [-0.25, -0.2) is 0 Å². The summed E-state index contributed by atoms with van der Waals surface area (Å²) in [4.78, 5) is 0. The number of rotatable bonds is 0. The van der Waals surface area contributed by atoms with Crippen molar-refractivity contribution in [2.75, 3.05) is 0 Å². The first-order valence-electron chi connectivity index (χ1n) is 6.05. The molecule has 0 saturated heterocycles. The highest BCUT2D eigenvalue weighted by atomic mass is 14.3. The molecule has 0 heterocycles. The molecule has 2 aliphatic rings. The summed E-state index contributed by atoms with van der Waals surface area (Å²) < 4.78 is 0. The lowest BCUT2D eigenvalue weighted by Gasteiger charge is -2.14. The normalized spacial score (nSPS) is 17.4. The van der Waals surface area contributed by atoms with Crippen molar-refractivity contribution in [2.45, 2.75) is 40.0 Å². The van der Waals surface area contributed by atoms with Crippen molar-refractivity contribution in [1.29, 1.82) is 0 Å². The molecule has 0 nitrogen and oxygen atoms in total. The van der Waals surface area contributed by atoms with E-state index in [-0.39, 0.29) is 0 Å². The van der Waals surface area contributed by atoms with Crippen LogP contribution in [0.5, 0.6) is 0 Å². The van der Waals surface area contributed by atoms with Crippen LogP contribution >= 0.6 is 0 Å². The van der Waals surface area contributed by atoms with Crippen LogP contribution in [0.3, 0.4) is 0 Å². The van der Waals surface area contributed by atoms with E-state index in [9.17, 15) is 0 Å². The lowest BCUT2D eigenvalue weighted by atomic mass is 9.90. The van der Waals surface area contributed by atoms with Gasteiger partial charge in [0.2, 0.25) is 0 Å². The number of hydrogen-bond acceptors (Lipinski definition) is 0. The first kappa shape index (κ1) is 9.89. The third-order valence-corrected chi connectivity index (χ3v) is 4.15. The maximum atomic E-state index is 4.15. The molecule has 1 aromatic carbocycles. The van der Waals surface area contributed by atoms with Gasteiger partial charge in [-0.05, 0) is 73.4 Å². The van der Waals surface area contributed by atoms with E-state index >= 15 is 0 Å². The summed E-state index contributed by atoms with van der Waals surface area (Å²) in [5.74, 6) is 0. The fraction of sp³-hybridized carbons (Fsp3) is 0.375. The predicted octanol–water partition coefficient (Wildman–Crippen LogP) is 3.92. The van der Waals surface area contributed by atoms with Gasteiger partial charge in [0.25, 0.3) is 0 Å². The largest absolute Gasteiger partial charge is 0.0992 e. The van der Waals surface area contributed by atoms with Crippen molar-refractivity contribution in [2.24, 2.45) is 0 Å². The van der Waals surface area contributed by atoms with Gasteiger partial charge in [0, 0.05) is 0 Å². The van der Waals surface area contributed by atoms with E-state index in [0.717, 1.165) is 19.3 Å². The molecule has 0 fully saturated rings. The van der Waals surface area contributed by atoms with Crippen LogP contribution in [0.1, 0.15) is 40.3 Å². The Kier molecular flexibility index (Phi) is 1.92. The van der Waals surface area contributed by atoms with Gasteiger partial charge in [-0.1, -0.05) is 23.8 Å². The van der Waals surface area contributed by atoms with E-state index in [1.807, 2.05) is 0 Å². The summed E-state index contributed by atoms with van der Waals surface area (Å²) >= 11 is 0. The SMILES string of the molecule is C=C1Cc2c(C)c3c(c(C)c2C1)CC(C)=C3. The number of benzene rings is 1. The van der Waals surface area contributed by atoms with E-state index in [4.69, 9.17) is 0 Å². The molecule has 0 saturated carbocycles. The average molecular weight is 210 g/mol. The first-order chi connectivity index (χ1) is 7.58. The molecule has 0 atom stereocenters. The van der Waals surface area contributed by atoms with Crippen LogP contribution in [0, 0.1) is 13.8 Å². The van der Waals surface area contributed by atoms with Crippen molar-refractivity contribution < 1.29 is 0 Å². The topological polar surface area (TPSA) is 0 Å². The van der Waals surface area contributed by atoms with Crippen LogP contribution in [-0.2, 0) is 19.3 Å². The summed E-state index contributed by atoms with van der Waals surface area (Å²) in [6.07, 6.45) is 5.73. The summed E-state index contributed by atoms with van der Waals surface area (Å²) in [7, 11) is 0. The summed E-state index contributed by atoms with van der Waals surface area (Å²) in [5, 5.41) is 0. The standard InChI is InChI=1S/C16H18/c1-9-5-13-11(3)15-7-10(2)8-16(15)12(4)14(13)6-9/h7H,1,5-6,8H2,2-4H3. The third kappa shape index (κ3) is 1.16. The molecule has 3 rings (SSSR count). The van der Waals surface area contributed by atoms with E-state index in [2.05, 4.69) is 33.4 Å². The molecule has 0 spiro atoms. The van der Waals surface area contributed by atoms with E-state index < -0.39 is 0 Å². The Labute approximate surface area is 97.7 Å². The van der Waals surface area contributed by atoms with Crippen LogP contribution in [0.2, 0.25) is 0 Å². The van der Waals surface area contributed by atoms with Crippen LogP contribution in [0.25, 0.3) is 6.08 Å². The minimum absolute atomic E-state index is 1.10. The van der Waals surface area contributed by atoms with Crippen molar-refractivity contribution in [3.05, 3.63) is 51.1 Å². The predicted molar refractivity (Wildman–Crippen MR) is 69.8 cm³/mol. The molecule has 0 aliphatic heterocycles. The van der Waals surface area contributed by atoms with Gasteiger partial charge in [0.15, 0.2) is 0 Å². The highest BCUT2D eigenvalue weighted by molar-refractivity contribution is 5.72. The first-order valence-corrected chi connectivity index (χ1v) is 6.05. The Bertz CT molecular complexity index is 542. The zero-order chi connectivity index (χ0) is 11.4. The zero-order valence-corrected chi connectivity index (χ0v) is 10.4. The van der Waals surface area contributed by atoms with Gasteiger partial charge >= 0.3 is 0 Å². The van der Waals surface area contributed by atoms with Gasteiger partial charge in [-0.2, -0.15) is 0 Å². The molecule has 2 aliphatic carbocycles. The summed E-state index contributed by atoms with van der Waals surface area (Å²) in [6, 6.07) is 0. The molecule has 0 radical (unpaired) electrons. The van der Waals surface area contributed by atoms with E-state index in [0.29, 0.717) is 0 Å². The fourth-order valence-corrected chi connectivity index (χ4v) is 3.27. The van der Waals surface area contributed by atoms with Gasteiger partial charge in [-0.15, -0.1) is 0 Å². The second kappa shape index (κ2) is 3.10. The lowest BCUT2D eigenvalue weighted by Crippen LogP contribution is -2.00. The molecule has 0 N–H and O–H groups in total. The molecule has 16 heavy (non-hydrogen) atoms. The number of fused-ring (bicyclic) bond motifs is 2. The Balaban J connectivity index is 2.31. The highest BCUT2D eigenvalue weighted by Gasteiger charge is 2.25. The van der Waals surface area contributed by atoms with Crippen LogP contribution in [0.4, 0.5) is 0 Å². The van der Waals surface area contributed by atoms with Gasteiger partial charge in [0.1, 0.15) is 0 Å². The van der Waals surface area contributed by atoms with Crippen LogP contribution in [0.15, 0.2) is 17.7 Å². The van der Waals surface area contributed by atoms with Crippen molar-refractivity contribution in [3.8, 4) is 0 Å². The molecule has 0 amide bonds. The summed E-state index contributed by atoms with van der Waals surface area (Å²) in [6.45, 7) is 11.0. The quantitative estimate of drug-likeness (QED) is 0.569. The van der Waals surface area contributed by atoms with E-state index in [1.54, 1.807) is 16.7 Å². The monoisotopic (exact) mass is 210 g/mol. The third-order valence-electron chi connectivity index (χ3n) is 4.15. The van der Waals surface area contributed by atoms with Gasteiger partial charge in [0.05, 0.1) is 0 Å². The number of hydrogen-bond donors (Lipinski definition) is 0. The lowest BCUT2D eigenvalue weighted by molar-refractivity contribution is 1.11. The number of allylic oxidation sites excluding steroid dienone is 2. The second-order valence-corrected chi connectivity index (χ2v) is 5.37. The van der Waals surface area contributed by atoms with Gasteiger partial charge < -0.3 is 0 Å². The molecule has 0 unspecified atom stereocenters. The maximum Gasteiger partial charge on any atom is -0.00578 e. The van der Waals surface area contributed by atoms with Crippen LogP contribution < -0.4 is 0 Å². The molecule has 1 aromatic rings. The minimum atomic E-state index is 1.10. The smallest absolute Gasteiger partial charge is 0.00578 e. The van der Waals surface area contributed by atoms with Crippen LogP contribution in [-0.4, -0.2) is 0 Å². The van der Waals surface area contributed by atoms with Crippen molar-refractivity contribution >= 4 is 6.08 Å². The summed E-state index contributed by atoms with van der Waals surface area (Å²) in [5.41, 5.74) is 12.1. The Morgan fingerprint density at radius 1 is 0.875 bits per heavy atom. The molecule has 0 heteroatoms. The fourth-order valence-electron chi connectivity index (χ4n) is 3.27. The second-order valence-electron chi connectivity index (χ2n) is 5.37. The maximum absolute atomic E-state index is 4.15. The molecule has 0 aromatic heterocycles. The minimum Gasteiger partial charge on any atom is -0.0992 e. The molecule has 82 valence electrons. The van der Waals surface area contributed by atoms with Crippen molar-refractivity contribution in [3.63, 3.8) is 0 Å². The van der Waals surface area contributed by atoms with E-state index in [1.165, 1.54) is 27.8 Å².